The zero-order valence-corrected chi connectivity index (χ0v) is 15.4. The number of benzene rings is 2. The highest BCUT2D eigenvalue weighted by Gasteiger charge is 2.13. The van der Waals surface area contributed by atoms with E-state index in [1.165, 1.54) is 12.3 Å². The molecule has 0 atom stereocenters. The lowest BCUT2D eigenvalue weighted by molar-refractivity contribution is -0.116. The highest BCUT2D eigenvalue weighted by Crippen LogP contribution is 2.25. The Labute approximate surface area is 157 Å². The summed E-state index contributed by atoms with van der Waals surface area (Å²) in [6.45, 7) is 1.96. The first kappa shape index (κ1) is 18.3. The number of hydrogen-bond donors (Lipinski definition) is 1. The fourth-order valence-electron chi connectivity index (χ4n) is 2.39. The highest BCUT2D eigenvalue weighted by atomic mass is 79.9. The summed E-state index contributed by atoms with van der Waals surface area (Å²) in [6, 6.07) is 8.84. The normalized spacial score (nSPS) is 10.8. The van der Waals surface area contributed by atoms with E-state index in [1.54, 1.807) is 0 Å². The van der Waals surface area contributed by atoms with Gasteiger partial charge in [-0.15, -0.1) is 0 Å². The van der Waals surface area contributed by atoms with Crippen LogP contribution in [0.25, 0.3) is 11.3 Å². The van der Waals surface area contributed by atoms with Crippen LogP contribution in [0.4, 0.5) is 14.5 Å². The molecule has 0 saturated carbocycles. The molecule has 1 heterocycles. The Bertz CT molecular complexity index is 956. The molecule has 3 rings (SSSR count). The number of nitrogens with one attached hydrogen (secondary N) is 1. The Hall–Kier alpha value is -2.54. The number of hydrogen-bond acceptors (Lipinski definition) is 3. The molecule has 1 aromatic heterocycles. The van der Waals surface area contributed by atoms with Crippen molar-refractivity contribution in [1.82, 2.24) is 4.98 Å². The minimum Gasteiger partial charge on any atom is -0.441 e. The van der Waals surface area contributed by atoms with Gasteiger partial charge in [0.15, 0.2) is 11.7 Å². The molecule has 0 radical (unpaired) electrons. The molecule has 0 aliphatic carbocycles. The van der Waals surface area contributed by atoms with Gasteiger partial charge in [-0.3, -0.25) is 4.79 Å². The van der Waals surface area contributed by atoms with Gasteiger partial charge in [0.05, 0.1) is 17.4 Å². The Morgan fingerprint density at radius 3 is 2.77 bits per heavy atom. The Morgan fingerprint density at radius 2 is 2.04 bits per heavy atom. The van der Waals surface area contributed by atoms with E-state index in [9.17, 15) is 13.6 Å². The molecule has 1 N–H and O–H groups in total. The minimum absolute atomic E-state index is 0.123. The first-order chi connectivity index (χ1) is 12.4. The van der Waals surface area contributed by atoms with Crippen LogP contribution < -0.4 is 5.32 Å². The number of aromatic nitrogens is 1. The minimum atomic E-state index is -0.727. The van der Waals surface area contributed by atoms with Crippen molar-refractivity contribution in [1.29, 1.82) is 0 Å². The third-order valence-corrected chi connectivity index (χ3v) is 4.37. The first-order valence-electron chi connectivity index (χ1n) is 7.88. The zero-order chi connectivity index (χ0) is 18.7. The average molecular weight is 421 g/mol. The van der Waals surface area contributed by atoms with Crippen molar-refractivity contribution in [2.45, 2.75) is 19.8 Å². The molecule has 0 aliphatic rings. The lowest BCUT2D eigenvalue weighted by Gasteiger charge is -2.07. The summed E-state index contributed by atoms with van der Waals surface area (Å²) in [4.78, 5) is 16.1. The van der Waals surface area contributed by atoms with Gasteiger partial charge in [-0.05, 0) is 52.7 Å². The molecule has 0 fully saturated rings. The standard InChI is InChI=1S/C19H15BrF2N2O2/c1-11-2-5-16(14(20)8-11)24-18(25)6-7-19-23-10-17(26-19)13-4-3-12(21)9-15(13)22/h2-5,8-10H,6-7H2,1H3,(H,24,25). The van der Waals surface area contributed by atoms with Crippen LogP contribution in [-0.2, 0) is 11.2 Å². The maximum atomic E-state index is 13.8. The number of carbonyl (C=O) groups excluding carboxylic acids is 1. The van der Waals surface area contributed by atoms with Gasteiger partial charge in [-0.2, -0.15) is 0 Å². The molecule has 3 aromatic rings. The molecule has 0 aliphatic heterocycles. The first-order valence-corrected chi connectivity index (χ1v) is 8.68. The molecular formula is C19H15BrF2N2O2. The monoisotopic (exact) mass is 420 g/mol. The van der Waals surface area contributed by atoms with Crippen molar-refractivity contribution in [3.8, 4) is 11.3 Å². The maximum absolute atomic E-state index is 13.8. The SMILES string of the molecule is Cc1ccc(NC(=O)CCc2ncc(-c3ccc(F)cc3F)o2)c(Br)c1. The van der Waals surface area contributed by atoms with Crippen LogP contribution in [0, 0.1) is 18.6 Å². The Balaban J connectivity index is 1.61. The molecule has 0 spiro atoms. The quantitative estimate of drug-likeness (QED) is 0.612. The largest absolute Gasteiger partial charge is 0.441 e. The van der Waals surface area contributed by atoms with Crippen LogP contribution in [0.15, 0.2) is 51.5 Å². The molecule has 26 heavy (non-hydrogen) atoms. The number of carbonyl (C=O) groups is 1. The fourth-order valence-corrected chi connectivity index (χ4v) is 2.99. The lowest BCUT2D eigenvalue weighted by atomic mass is 10.2. The summed E-state index contributed by atoms with van der Waals surface area (Å²) in [6.07, 6.45) is 1.78. The molecular weight excluding hydrogens is 406 g/mol. The van der Waals surface area contributed by atoms with Crippen LogP contribution >= 0.6 is 15.9 Å². The van der Waals surface area contributed by atoms with Crippen LogP contribution in [0.2, 0.25) is 0 Å². The highest BCUT2D eigenvalue weighted by molar-refractivity contribution is 9.10. The molecule has 134 valence electrons. The summed E-state index contributed by atoms with van der Waals surface area (Å²) < 4.78 is 33.0. The number of nitrogens with zero attached hydrogens (tertiary/aromatic N) is 1. The van der Waals surface area contributed by atoms with Crippen molar-refractivity contribution in [2.24, 2.45) is 0 Å². The molecule has 0 saturated heterocycles. The molecule has 2 aromatic carbocycles. The third kappa shape index (κ3) is 4.35. The van der Waals surface area contributed by atoms with E-state index in [-0.39, 0.29) is 30.1 Å². The summed E-state index contributed by atoms with van der Waals surface area (Å²) >= 11 is 3.40. The van der Waals surface area contributed by atoms with E-state index in [0.717, 1.165) is 22.2 Å². The maximum Gasteiger partial charge on any atom is 0.224 e. The number of oxazole rings is 1. The van der Waals surface area contributed by atoms with E-state index < -0.39 is 11.6 Å². The number of amides is 1. The van der Waals surface area contributed by atoms with Gasteiger partial charge in [0.25, 0.3) is 0 Å². The molecule has 0 bridgehead atoms. The molecule has 4 nitrogen and oxygen atoms in total. The molecule has 1 amide bonds. The van der Waals surface area contributed by atoms with Crippen LogP contribution in [0.5, 0.6) is 0 Å². The van der Waals surface area contributed by atoms with Gasteiger partial charge in [0, 0.05) is 23.4 Å². The summed E-state index contributed by atoms with van der Waals surface area (Å²) in [5.74, 6) is -1.08. The average Bonchev–Trinajstić information content (AvgIpc) is 3.04. The van der Waals surface area contributed by atoms with Crippen molar-refractivity contribution in [3.63, 3.8) is 0 Å². The third-order valence-electron chi connectivity index (χ3n) is 3.71. The van der Waals surface area contributed by atoms with Crippen molar-refractivity contribution < 1.29 is 18.0 Å². The van der Waals surface area contributed by atoms with E-state index >= 15 is 0 Å². The van der Waals surface area contributed by atoms with Gasteiger partial charge in [-0.25, -0.2) is 13.8 Å². The van der Waals surface area contributed by atoms with Gasteiger partial charge < -0.3 is 9.73 Å². The molecule has 0 unspecified atom stereocenters. The van der Waals surface area contributed by atoms with Crippen LogP contribution in [-0.4, -0.2) is 10.9 Å². The predicted octanol–water partition coefficient (Wildman–Crippen LogP) is 5.26. The predicted molar refractivity (Wildman–Crippen MR) is 97.7 cm³/mol. The number of aryl methyl sites for hydroxylation is 2. The van der Waals surface area contributed by atoms with Crippen molar-refractivity contribution in [3.05, 3.63) is 70.2 Å². The zero-order valence-electron chi connectivity index (χ0n) is 13.9. The van der Waals surface area contributed by atoms with Gasteiger partial charge in [-0.1, -0.05) is 6.07 Å². The summed E-state index contributed by atoms with van der Waals surface area (Å²) in [7, 11) is 0. The topological polar surface area (TPSA) is 55.1 Å². The summed E-state index contributed by atoms with van der Waals surface area (Å²) in [5.41, 5.74) is 1.88. The van der Waals surface area contributed by atoms with Gasteiger partial charge in [0.2, 0.25) is 5.91 Å². The number of rotatable bonds is 5. The van der Waals surface area contributed by atoms with Gasteiger partial charge in [0.1, 0.15) is 11.6 Å². The Morgan fingerprint density at radius 1 is 1.23 bits per heavy atom. The lowest BCUT2D eigenvalue weighted by Crippen LogP contribution is -2.12. The molecule has 7 heteroatoms. The second kappa shape index (κ2) is 7.78. The van der Waals surface area contributed by atoms with Crippen LogP contribution in [0.1, 0.15) is 17.9 Å². The fraction of sp³-hybridized carbons (Fsp3) is 0.158. The van der Waals surface area contributed by atoms with E-state index in [0.29, 0.717) is 11.6 Å². The summed E-state index contributed by atoms with van der Waals surface area (Å²) in [5, 5.41) is 2.80. The van der Waals surface area contributed by atoms with Gasteiger partial charge >= 0.3 is 0 Å². The number of anilines is 1. The van der Waals surface area contributed by atoms with E-state index in [1.807, 2.05) is 25.1 Å². The van der Waals surface area contributed by atoms with Crippen LogP contribution in [0.3, 0.4) is 0 Å². The Kier molecular flexibility index (Phi) is 5.46. The van der Waals surface area contributed by atoms with E-state index in [4.69, 9.17) is 4.42 Å². The van der Waals surface area contributed by atoms with Crippen molar-refractivity contribution in [2.75, 3.05) is 5.32 Å². The second-order valence-electron chi connectivity index (χ2n) is 5.77. The van der Waals surface area contributed by atoms with E-state index in [2.05, 4.69) is 26.2 Å². The van der Waals surface area contributed by atoms with Crippen molar-refractivity contribution >= 4 is 27.5 Å². The second-order valence-corrected chi connectivity index (χ2v) is 6.63. The smallest absolute Gasteiger partial charge is 0.224 e. The number of halogens is 3.